The molecule has 2 N–H and O–H groups in total. The molecular weight excluding hydrogens is 276 g/mol. The second-order valence-electron chi connectivity index (χ2n) is 5.19. The zero-order chi connectivity index (χ0) is 15.8. The number of hydrogen-bond donors (Lipinski definition) is 1. The van der Waals surface area contributed by atoms with Crippen LogP contribution in [0.4, 0.5) is 0 Å². The molecule has 1 aromatic carbocycles. The maximum atomic E-state index is 5.96. The van der Waals surface area contributed by atoms with Gasteiger partial charge in [0, 0.05) is 24.4 Å². The van der Waals surface area contributed by atoms with Crippen LogP contribution in [0.1, 0.15) is 30.5 Å². The molecule has 0 aliphatic heterocycles. The van der Waals surface area contributed by atoms with Crippen LogP contribution in [-0.4, -0.2) is 25.2 Å². The van der Waals surface area contributed by atoms with Gasteiger partial charge in [0.1, 0.15) is 0 Å². The molecule has 1 heterocycles. The normalized spacial score (nSPS) is 12.0. The number of benzene rings is 1. The molecule has 0 saturated carbocycles. The zero-order valence-electron chi connectivity index (χ0n) is 13.3. The second kappa shape index (κ2) is 8.39. The number of nitrogens with zero attached hydrogens (tertiary/aromatic N) is 1. The minimum absolute atomic E-state index is 0.164. The van der Waals surface area contributed by atoms with Gasteiger partial charge in [0.2, 0.25) is 0 Å². The average Bonchev–Trinajstić information content (AvgIpc) is 2.58. The van der Waals surface area contributed by atoms with Crippen molar-refractivity contribution in [2.75, 3.05) is 20.3 Å². The van der Waals surface area contributed by atoms with Gasteiger partial charge in [0.25, 0.3) is 0 Å². The Morgan fingerprint density at radius 3 is 2.68 bits per heavy atom. The first-order chi connectivity index (χ1) is 10.8. The standard InChI is InChI=1S/C18H24N2O2/c1-3-11-22-18-14(7-6-9-17(18)21-2)12-15(13-19)16-8-4-5-10-20-16/h4-10,15H,3,11-13,19H2,1-2H3. The molecule has 0 saturated heterocycles. The van der Waals surface area contributed by atoms with Gasteiger partial charge < -0.3 is 15.2 Å². The Balaban J connectivity index is 2.27. The van der Waals surface area contributed by atoms with E-state index in [0.29, 0.717) is 13.2 Å². The van der Waals surface area contributed by atoms with Crippen molar-refractivity contribution in [1.82, 2.24) is 4.98 Å². The van der Waals surface area contributed by atoms with E-state index in [4.69, 9.17) is 15.2 Å². The van der Waals surface area contributed by atoms with Crippen molar-refractivity contribution in [3.63, 3.8) is 0 Å². The van der Waals surface area contributed by atoms with E-state index in [-0.39, 0.29) is 5.92 Å². The Hall–Kier alpha value is -2.07. The number of ether oxygens (including phenoxy) is 2. The lowest BCUT2D eigenvalue weighted by Gasteiger charge is -2.19. The lowest BCUT2D eigenvalue weighted by atomic mass is 9.95. The largest absolute Gasteiger partial charge is 0.493 e. The minimum Gasteiger partial charge on any atom is -0.493 e. The van der Waals surface area contributed by atoms with Crippen LogP contribution in [0, 0.1) is 0 Å². The monoisotopic (exact) mass is 300 g/mol. The number of nitrogens with two attached hydrogens (primary N) is 1. The quantitative estimate of drug-likeness (QED) is 0.813. The average molecular weight is 300 g/mol. The first-order valence-electron chi connectivity index (χ1n) is 7.69. The highest BCUT2D eigenvalue weighted by molar-refractivity contribution is 5.47. The molecule has 1 unspecified atom stereocenters. The molecule has 0 bridgehead atoms. The molecule has 1 aromatic heterocycles. The van der Waals surface area contributed by atoms with Crippen LogP contribution in [0.15, 0.2) is 42.6 Å². The predicted octanol–water partition coefficient (Wildman–Crippen LogP) is 3.16. The van der Waals surface area contributed by atoms with Crippen molar-refractivity contribution in [3.05, 3.63) is 53.9 Å². The SMILES string of the molecule is CCCOc1c(CC(CN)c2ccccn2)cccc1OC. The lowest BCUT2D eigenvalue weighted by Crippen LogP contribution is -2.17. The summed E-state index contributed by atoms with van der Waals surface area (Å²) in [6.45, 7) is 3.30. The summed E-state index contributed by atoms with van der Waals surface area (Å²) in [5.74, 6) is 1.75. The van der Waals surface area contributed by atoms with Crippen molar-refractivity contribution in [3.8, 4) is 11.5 Å². The maximum Gasteiger partial charge on any atom is 0.164 e. The van der Waals surface area contributed by atoms with E-state index >= 15 is 0 Å². The summed E-state index contributed by atoms with van der Waals surface area (Å²) < 4.78 is 11.3. The Kier molecular flexibility index (Phi) is 6.22. The van der Waals surface area contributed by atoms with E-state index in [2.05, 4.69) is 18.0 Å². The lowest BCUT2D eigenvalue weighted by molar-refractivity contribution is 0.290. The molecule has 22 heavy (non-hydrogen) atoms. The van der Waals surface area contributed by atoms with E-state index in [1.54, 1.807) is 13.3 Å². The van der Waals surface area contributed by atoms with E-state index in [0.717, 1.165) is 35.6 Å². The molecule has 118 valence electrons. The number of pyridine rings is 1. The molecular formula is C18H24N2O2. The summed E-state index contributed by atoms with van der Waals surface area (Å²) in [5, 5.41) is 0. The highest BCUT2D eigenvalue weighted by atomic mass is 16.5. The number of hydrogen-bond acceptors (Lipinski definition) is 4. The van der Waals surface area contributed by atoms with E-state index in [1.807, 2.05) is 30.3 Å². The molecule has 0 radical (unpaired) electrons. The van der Waals surface area contributed by atoms with Crippen molar-refractivity contribution in [1.29, 1.82) is 0 Å². The molecule has 0 spiro atoms. The topological polar surface area (TPSA) is 57.4 Å². The van der Waals surface area contributed by atoms with Crippen LogP contribution in [-0.2, 0) is 6.42 Å². The van der Waals surface area contributed by atoms with Crippen LogP contribution in [0.5, 0.6) is 11.5 Å². The molecule has 0 fully saturated rings. The molecule has 4 nitrogen and oxygen atoms in total. The number of rotatable bonds is 8. The fourth-order valence-electron chi connectivity index (χ4n) is 2.44. The van der Waals surface area contributed by atoms with Crippen LogP contribution in [0.3, 0.4) is 0 Å². The van der Waals surface area contributed by atoms with Crippen LogP contribution in [0.25, 0.3) is 0 Å². The van der Waals surface area contributed by atoms with Gasteiger partial charge in [0.15, 0.2) is 11.5 Å². The smallest absolute Gasteiger partial charge is 0.164 e. The number of methoxy groups -OCH3 is 1. The third-order valence-corrected chi connectivity index (χ3v) is 3.59. The molecule has 2 aromatic rings. The molecule has 4 heteroatoms. The van der Waals surface area contributed by atoms with Crippen LogP contribution < -0.4 is 15.2 Å². The van der Waals surface area contributed by atoms with Crippen molar-refractivity contribution in [2.45, 2.75) is 25.7 Å². The van der Waals surface area contributed by atoms with E-state index in [1.165, 1.54) is 0 Å². The van der Waals surface area contributed by atoms with Gasteiger partial charge in [-0.25, -0.2) is 0 Å². The maximum absolute atomic E-state index is 5.96. The molecule has 0 aliphatic carbocycles. The van der Waals surface area contributed by atoms with Gasteiger partial charge in [-0.15, -0.1) is 0 Å². The zero-order valence-corrected chi connectivity index (χ0v) is 13.3. The third-order valence-electron chi connectivity index (χ3n) is 3.59. The van der Waals surface area contributed by atoms with Gasteiger partial charge in [-0.05, 0) is 36.6 Å². The van der Waals surface area contributed by atoms with E-state index < -0.39 is 0 Å². The summed E-state index contributed by atoms with van der Waals surface area (Å²) in [6, 6.07) is 11.9. The molecule has 1 atom stereocenters. The minimum atomic E-state index is 0.164. The van der Waals surface area contributed by atoms with Crippen molar-refractivity contribution >= 4 is 0 Å². The summed E-state index contributed by atoms with van der Waals surface area (Å²) in [7, 11) is 1.66. The first-order valence-corrected chi connectivity index (χ1v) is 7.69. The summed E-state index contributed by atoms with van der Waals surface area (Å²) in [4.78, 5) is 4.43. The third kappa shape index (κ3) is 3.98. The fourth-order valence-corrected chi connectivity index (χ4v) is 2.44. The Labute approximate surface area is 132 Å². The number of para-hydroxylation sites is 1. The van der Waals surface area contributed by atoms with Gasteiger partial charge in [-0.1, -0.05) is 25.1 Å². The first kappa shape index (κ1) is 16.3. The van der Waals surface area contributed by atoms with Crippen LogP contribution in [0.2, 0.25) is 0 Å². The van der Waals surface area contributed by atoms with Crippen molar-refractivity contribution < 1.29 is 9.47 Å². The van der Waals surface area contributed by atoms with Gasteiger partial charge >= 0.3 is 0 Å². The van der Waals surface area contributed by atoms with Gasteiger partial charge in [-0.3, -0.25) is 4.98 Å². The molecule has 0 aliphatic rings. The van der Waals surface area contributed by atoms with Gasteiger partial charge in [-0.2, -0.15) is 0 Å². The Bertz CT molecular complexity index is 573. The Morgan fingerprint density at radius 2 is 2.05 bits per heavy atom. The second-order valence-corrected chi connectivity index (χ2v) is 5.19. The Morgan fingerprint density at radius 1 is 1.18 bits per heavy atom. The highest BCUT2D eigenvalue weighted by Crippen LogP contribution is 2.34. The highest BCUT2D eigenvalue weighted by Gasteiger charge is 2.17. The summed E-state index contributed by atoms with van der Waals surface area (Å²) >= 11 is 0. The fraction of sp³-hybridized carbons (Fsp3) is 0.389. The van der Waals surface area contributed by atoms with Crippen LogP contribution >= 0.6 is 0 Å². The summed E-state index contributed by atoms with van der Waals surface area (Å²) in [5.41, 5.74) is 8.08. The molecule has 2 rings (SSSR count). The number of aromatic nitrogens is 1. The molecule has 0 amide bonds. The predicted molar refractivity (Wildman–Crippen MR) is 88.5 cm³/mol. The van der Waals surface area contributed by atoms with Gasteiger partial charge in [0.05, 0.1) is 13.7 Å². The summed E-state index contributed by atoms with van der Waals surface area (Å²) in [6.07, 6.45) is 3.54. The van der Waals surface area contributed by atoms with Crippen molar-refractivity contribution in [2.24, 2.45) is 5.73 Å². The van der Waals surface area contributed by atoms with E-state index in [9.17, 15) is 0 Å².